The summed E-state index contributed by atoms with van der Waals surface area (Å²) in [6.07, 6.45) is 26.7. The van der Waals surface area contributed by atoms with Gasteiger partial charge in [-0.2, -0.15) is 0 Å². The van der Waals surface area contributed by atoms with Crippen molar-refractivity contribution in [3.05, 3.63) is 0 Å². The molecule has 0 aliphatic heterocycles. The van der Waals surface area contributed by atoms with Crippen LogP contribution in [0.5, 0.6) is 0 Å². The molecule has 0 amide bonds. The molecule has 0 rings (SSSR count). The van der Waals surface area contributed by atoms with Crippen LogP contribution in [0.2, 0.25) is 0 Å². The van der Waals surface area contributed by atoms with Gasteiger partial charge < -0.3 is 0 Å². The van der Waals surface area contributed by atoms with Crippen LogP contribution >= 0.6 is 6.83 Å². The van der Waals surface area contributed by atoms with E-state index in [1.54, 1.807) is 6.92 Å². The summed E-state index contributed by atoms with van der Waals surface area (Å²) in [5, 5.41) is 0. The third-order valence-electron chi connectivity index (χ3n) is 7.36. The fourth-order valence-electron chi connectivity index (χ4n) is 4.81. The minimum absolute atomic E-state index is 0.0651. The second kappa shape index (κ2) is 17.6. The van der Waals surface area contributed by atoms with Crippen molar-refractivity contribution >= 4 is 12.8 Å². The Kier molecular flexibility index (Phi) is 17.5. The normalized spacial score (nSPS) is 13.2. The van der Waals surface area contributed by atoms with Crippen LogP contribution in [0.25, 0.3) is 0 Å². The van der Waals surface area contributed by atoms with Crippen molar-refractivity contribution < 1.29 is 9.32 Å². The average molecular weight is 431 g/mol. The molecule has 2 nitrogen and oxygen atoms in total. The van der Waals surface area contributed by atoms with Gasteiger partial charge in [0.25, 0.3) is 0 Å². The van der Waals surface area contributed by atoms with Crippen molar-refractivity contribution in [2.45, 2.75) is 137 Å². The van der Waals surface area contributed by atoms with E-state index in [9.17, 15) is 4.79 Å². The standard InChI is InChI=1S/C26H55O2P/c1-6-10-11-12-13-14-15-16-17-18-19-20-21-22-23-24-25-29(7-2,8-3,9-4)28-26(5)27/h6-25H2,1-5H3. The molecule has 0 spiro atoms. The third kappa shape index (κ3) is 13.0. The summed E-state index contributed by atoms with van der Waals surface area (Å²) in [5.41, 5.74) is 0. The molecule has 0 aromatic heterocycles. The Morgan fingerprint density at radius 1 is 0.552 bits per heavy atom. The van der Waals surface area contributed by atoms with Crippen molar-refractivity contribution in [3.8, 4) is 0 Å². The second-order valence-corrected chi connectivity index (χ2v) is 15.7. The van der Waals surface area contributed by atoms with Crippen LogP contribution < -0.4 is 0 Å². The molecule has 0 radical (unpaired) electrons. The molecule has 0 aromatic rings. The predicted molar refractivity (Wildman–Crippen MR) is 135 cm³/mol. The number of hydrogen-bond acceptors (Lipinski definition) is 2. The first kappa shape index (κ1) is 28.9. The van der Waals surface area contributed by atoms with E-state index in [4.69, 9.17) is 4.52 Å². The Bertz CT molecular complexity index is 379. The van der Waals surface area contributed by atoms with Gasteiger partial charge in [0.2, 0.25) is 0 Å². The summed E-state index contributed by atoms with van der Waals surface area (Å²) in [7, 11) is 0. The van der Waals surface area contributed by atoms with E-state index in [1.165, 1.54) is 103 Å². The van der Waals surface area contributed by atoms with Gasteiger partial charge in [0, 0.05) is 0 Å². The molecule has 3 heteroatoms. The van der Waals surface area contributed by atoms with E-state index in [1.807, 2.05) is 0 Å². The molecule has 0 atom stereocenters. The van der Waals surface area contributed by atoms with Gasteiger partial charge in [-0.15, -0.1) is 0 Å². The minimum atomic E-state index is -2.27. The average Bonchev–Trinajstić information content (AvgIpc) is 2.72. The van der Waals surface area contributed by atoms with Crippen molar-refractivity contribution in [1.82, 2.24) is 0 Å². The Labute approximate surface area is 184 Å². The Morgan fingerprint density at radius 2 is 0.862 bits per heavy atom. The van der Waals surface area contributed by atoms with E-state index in [-0.39, 0.29) is 5.97 Å². The van der Waals surface area contributed by atoms with Crippen LogP contribution in [-0.4, -0.2) is 30.6 Å². The van der Waals surface area contributed by atoms with Gasteiger partial charge in [-0.05, 0) is 0 Å². The molecule has 0 heterocycles. The second-order valence-electron chi connectivity index (χ2n) is 9.42. The Morgan fingerprint density at radius 3 is 1.14 bits per heavy atom. The van der Waals surface area contributed by atoms with Gasteiger partial charge in [0.1, 0.15) is 0 Å². The summed E-state index contributed by atoms with van der Waals surface area (Å²) in [6, 6.07) is 0. The van der Waals surface area contributed by atoms with E-state index < -0.39 is 6.83 Å². The molecule has 0 saturated carbocycles. The zero-order chi connectivity index (χ0) is 21.9. The summed E-state index contributed by atoms with van der Waals surface area (Å²) in [4.78, 5) is 11.7. The number of rotatable bonds is 21. The maximum atomic E-state index is 11.7. The van der Waals surface area contributed by atoms with E-state index in [0.717, 1.165) is 24.6 Å². The molecule has 0 aliphatic rings. The third-order valence-corrected chi connectivity index (χ3v) is 14.4. The van der Waals surface area contributed by atoms with Gasteiger partial charge in [-0.25, -0.2) is 0 Å². The molecule has 0 fully saturated rings. The Balaban J connectivity index is 3.66. The van der Waals surface area contributed by atoms with Crippen molar-refractivity contribution in [3.63, 3.8) is 0 Å². The molecule has 176 valence electrons. The first-order valence-electron chi connectivity index (χ1n) is 13.2. The molecule has 0 aliphatic carbocycles. The predicted octanol–water partition coefficient (Wildman–Crippen LogP) is 9.34. The zero-order valence-electron chi connectivity index (χ0n) is 20.9. The summed E-state index contributed by atoms with van der Waals surface area (Å²) in [5.74, 6) is -0.0651. The van der Waals surface area contributed by atoms with E-state index in [0.29, 0.717) is 0 Å². The fraction of sp³-hybridized carbons (Fsp3) is 0.962. The number of carbonyl (C=O) groups excluding carboxylic acids is 1. The van der Waals surface area contributed by atoms with Gasteiger partial charge in [-0.1, -0.05) is 39.0 Å². The topological polar surface area (TPSA) is 26.3 Å². The van der Waals surface area contributed by atoms with E-state index >= 15 is 0 Å². The van der Waals surface area contributed by atoms with Crippen LogP contribution in [0.15, 0.2) is 0 Å². The monoisotopic (exact) mass is 430 g/mol. The molecule has 0 saturated heterocycles. The molecule has 0 bridgehead atoms. The number of unbranched alkanes of at least 4 members (excludes halogenated alkanes) is 15. The molecular formula is C26H55O2P. The summed E-state index contributed by atoms with van der Waals surface area (Å²) >= 11 is 0. The van der Waals surface area contributed by atoms with Crippen LogP contribution in [-0.2, 0) is 9.32 Å². The maximum absolute atomic E-state index is 11.7. The van der Waals surface area contributed by atoms with Gasteiger partial charge >= 0.3 is 145 Å². The van der Waals surface area contributed by atoms with Crippen LogP contribution in [0.3, 0.4) is 0 Å². The summed E-state index contributed by atoms with van der Waals surface area (Å²) in [6.45, 7) is 8.32. The molecule has 0 N–H and O–H groups in total. The van der Waals surface area contributed by atoms with Gasteiger partial charge in [0.05, 0.1) is 0 Å². The first-order valence-corrected chi connectivity index (χ1v) is 16.1. The number of carbonyl (C=O) groups is 1. The summed E-state index contributed by atoms with van der Waals surface area (Å²) < 4.78 is 6.09. The van der Waals surface area contributed by atoms with Gasteiger partial charge in [0.15, 0.2) is 0 Å². The Hall–Kier alpha value is -0.100. The first-order chi connectivity index (χ1) is 14.0. The zero-order valence-corrected chi connectivity index (χ0v) is 21.8. The van der Waals surface area contributed by atoms with Crippen LogP contribution in [0.1, 0.15) is 137 Å². The molecular weight excluding hydrogens is 375 g/mol. The van der Waals surface area contributed by atoms with Gasteiger partial charge in [-0.3, -0.25) is 0 Å². The van der Waals surface area contributed by atoms with Crippen LogP contribution in [0, 0.1) is 0 Å². The molecule has 0 aromatic carbocycles. The quantitative estimate of drug-likeness (QED) is 0.134. The van der Waals surface area contributed by atoms with E-state index in [2.05, 4.69) is 27.7 Å². The fourth-order valence-corrected chi connectivity index (χ4v) is 9.33. The SMILES string of the molecule is CCCCCCCCCCCCCCCCCCP(CC)(CC)(CC)OC(C)=O. The van der Waals surface area contributed by atoms with Crippen molar-refractivity contribution in [1.29, 1.82) is 0 Å². The molecule has 29 heavy (non-hydrogen) atoms. The number of hydrogen-bond donors (Lipinski definition) is 0. The van der Waals surface area contributed by atoms with Crippen molar-refractivity contribution in [2.75, 3.05) is 24.6 Å². The molecule has 0 unspecified atom stereocenters. The van der Waals surface area contributed by atoms with Crippen LogP contribution in [0.4, 0.5) is 0 Å². The van der Waals surface area contributed by atoms with Crippen molar-refractivity contribution in [2.24, 2.45) is 0 Å².